The zero-order valence-corrected chi connectivity index (χ0v) is 14.0. The van der Waals surface area contributed by atoms with Crippen molar-refractivity contribution in [3.05, 3.63) is 68.1 Å². The summed E-state index contributed by atoms with van der Waals surface area (Å²) in [4.78, 5) is 0.184. The lowest BCUT2D eigenvalue weighted by Crippen LogP contribution is -1.96. The fourth-order valence-electron chi connectivity index (χ4n) is 1.69. The van der Waals surface area contributed by atoms with Gasteiger partial charge in [-0.1, -0.05) is 73.3 Å². The summed E-state index contributed by atoms with van der Waals surface area (Å²) in [5, 5.41) is 1.36. The molecule has 2 aromatic carbocycles. The summed E-state index contributed by atoms with van der Waals surface area (Å²) in [5.41, 5.74) is 2.31. The molecule has 2 aromatic rings. The molecule has 0 nitrogen and oxygen atoms in total. The standard InChI is InChI=1S/C14H10Br2Cl2/c15-10-3-1-9(2-4-10)7-13(16)12-6-5-11(17)8-14(12)18/h1-6,8,13H,7H2. The molecule has 1 atom stereocenters. The lowest BCUT2D eigenvalue weighted by Gasteiger charge is -2.12. The fourth-order valence-corrected chi connectivity index (χ4v) is 3.40. The average molecular weight is 409 g/mol. The highest BCUT2D eigenvalue weighted by atomic mass is 79.9. The zero-order valence-electron chi connectivity index (χ0n) is 9.34. The van der Waals surface area contributed by atoms with Gasteiger partial charge in [-0.3, -0.25) is 0 Å². The van der Waals surface area contributed by atoms with Gasteiger partial charge in [0.25, 0.3) is 0 Å². The molecule has 0 saturated heterocycles. The molecule has 2 rings (SSSR count). The quantitative estimate of drug-likeness (QED) is 0.513. The van der Waals surface area contributed by atoms with E-state index in [9.17, 15) is 0 Å². The van der Waals surface area contributed by atoms with Crippen molar-refractivity contribution in [2.75, 3.05) is 0 Å². The number of alkyl halides is 1. The molecule has 0 radical (unpaired) electrons. The van der Waals surface area contributed by atoms with Gasteiger partial charge in [0.15, 0.2) is 0 Å². The first-order valence-corrected chi connectivity index (χ1v) is 7.86. The van der Waals surface area contributed by atoms with Gasteiger partial charge in [-0.15, -0.1) is 0 Å². The third-order valence-electron chi connectivity index (χ3n) is 2.63. The molecule has 0 aromatic heterocycles. The van der Waals surface area contributed by atoms with Crippen LogP contribution in [0.15, 0.2) is 46.9 Å². The highest BCUT2D eigenvalue weighted by Crippen LogP contribution is 2.33. The van der Waals surface area contributed by atoms with Crippen molar-refractivity contribution in [3.8, 4) is 0 Å². The second kappa shape index (κ2) is 6.42. The number of hydrogen-bond acceptors (Lipinski definition) is 0. The third kappa shape index (κ3) is 3.74. The molecular formula is C14H10Br2Cl2. The van der Waals surface area contributed by atoms with Gasteiger partial charge >= 0.3 is 0 Å². The van der Waals surface area contributed by atoms with Gasteiger partial charge in [-0.25, -0.2) is 0 Å². The second-order valence-corrected chi connectivity index (χ2v) is 6.83. The van der Waals surface area contributed by atoms with Gasteiger partial charge in [0.05, 0.1) is 0 Å². The summed E-state index contributed by atoms with van der Waals surface area (Å²) in [6.07, 6.45) is 0.884. The molecule has 0 saturated carbocycles. The van der Waals surface area contributed by atoms with E-state index in [1.807, 2.05) is 24.3 Å². The van der Waals surface area contributed by atoms with Gasteiger partial charge in [-0.2, -0.15) is 0 Å². The Kier molecular flexibility index (Phi) is 5.14. The van der Waals surface area contributed by atoms with Crippen molar-refractivity contribution >= 4 is 55.1 Å². The minimum absolute atomic E-state index is 0.184. The molecule has 0 spiro atoms. The Balaban J connectivity index is 2.16. The van der Waals surface area contributed by atoms with Crippen LogP contribution in [0.3, 0.4) is 0 Å². The van der Waals surface area contributed by atoms with E-state index in [0.717, 1.165) is 16.5 Å². The van der Waals surface area contributed by atoms with E-state index in [2.05, 4.69) is 44.0 Å². The topological polar surface area (TPSA) is 0 Å². The normalized spacial score (nSPS) is 12.4. The van der Waals surface area contributed by atoms with Crippen LogP contribution in [0.2, 0.25) is 10.0 Å². The van der Waals surface area contributed by atoms with Gasteiger partial charge in [0.2, 0.25) is 0 Å². The van der Waals surface area contributed by atoms with E-state index in [0.29, 0.717) is 10.0 Å². The molecule has 0 aliphatic rings. The van der Waals surface area contributed by atoms with Crippen LogP contribution in [0.1, 0.15) is 16.0 Å². The Morgan fingerprint density at radius 3 is 2.28 bits per heavy atom. The van der Waals surface area contributed by atoms with Crippen LogP contribution in [0.5, 0.6) is 0 Å². The lowest BCUT2D eigenvalue weighted by molar-refractivity contribution is 0.949. The maximum Gasteiger partial charge on any atom is 0.0464 e. The molecule has 0 aliphatic heterocycles. The minimum atomic E-state index is 0.184. The third-order valence-corrected chi connectivity index (χ3v) is 4.54. The Hall–Kier alpha value is -0.0200. The Bertz CT molecular complexity index is 538. The second-order valence-electron chi connectivity index (χ2n) is 3.96. The van der Waals surface area contributed by atoms with Crippen LogP contribution in [0, 0.1) is 0 Å². The predicted octanol–water partition coefficient (Wildman–Crippen LogP) is 6.43. The number of hydrogen-bond donors (Lipinski definition) is 0. The molecule has 4 heteroatoms. The van der Waals surface area contributed by atoms with E-state index < -0.39 is 0 Å². The van der Waals surface area contributed by atoms with Crippen molar-refractivity contribution < 1.29 is 0 Å². The predicted molar refractivity (Wildman–Crippen MR) is 86.0 cm³/mol. The zero-order chi connectivity index (χ0) is 13.1. The molecule has 94 valence electrons. The van der Waals surface area contributed by atoms with E-state index in [-0.39, 0.29) is 4.83 Å². The molecule has 0 aliphatic carbocycles. The SMILES string of the molecule is Clc1ccc(C(Br)Cc2ccc(Br)cc2)c(Cl)c1. The summed E-state index contributed by atoms with van der Waals surface area (Å²) in [5.74, 6) is 0. The molecule has 0 N–H and O–H groups in total. The van der Waals surface area contributed by atoms with Crippen molar-refractivity contribution in [3.63, 3.8) is 0 Å². The van der Waals surface area contributed by atoms with E-state index in [1.165, 1.54) is 5.56 Å². The van der Waals surface area contributed by atoms with Gasteiger partial charge in [0.1, 0.15) is 0 Å². The van der Waals surface area contributed by atoms with Crippen LogP contribution in [-0.2, 0) is 6.42 Å². The first-order valence-electron chi connectivity index (χ1n) is 5.40. The molecule has 0 fully saturated rings. The van der Waals surface area contributed by atoms with Crippen LogP contribution in [-0.4, -0.2) is 0 Å². The average Bonchev–Trinajstić information content (AvgIpc) is 2.32. The lowest BCUT2D eigenvalue weighted by atomic mass is 10.0. The number of benzene rings is 2. The maximum absolute atomic E-state index is 6.19. The van der Waals surface area contributed by atoms with E-state index in [4.69, 9.17) is 23.2 Å². The largest absolute Gasteiger partial charge is 0.0843 e. The van der Waals surface area contributed by atoms with Crippen molar-refractivity contribution in [2.45, 2.75) is 11.2 Å². The van der Waals surface area contributed by atoms with Gasteiger partial charge < -0.3 is 0 Å². The first kappa shape index (κ1) is 14.4. The van der Waals surface area contributed by atoms with Crippen molar-refractivity contribution in [2.24, 2.45) is 0 Å². The van der Waals surface area contributed by atoms with Crippen LogP contribution in [0.4, 0.5) is 0 Å². The molecule has 0 bridgehead atoms. The van der Waals surface area contributed by atoms with Crippen molar-refractivity contribution in [1.82, 2.24) is 0 Å². The smallest absolute Gasteiger partial charge is 0.0464 e. The summed E-state index contributed by atoms with van der Waals surface area (Å²) >= 11 is 19.2. The molecule has 0 amide bonds. The van der Waals surface area contributed by atoms with E-state index >= 15 is 0 Å². The summed E-state index contributed by atoms with van der Waals surface area (Å²) < 4.78 is 1.09. The molecule has 1 unspecified atom stereocenters. The van der Waals surface area contributed by atoms with Crippen LogP contribution in [0.25, 0.3) is 0 Å². The Morgan fingerprint density at radius 2 is 1.67 bits per heavy atom. The van der Waals surface area contributed by atoms with Gasteiger partial charge in [-0.05, 0) is 41.8 Å². The number of rotatable bonds is 3. The Labute approximate surface area is 134 Å². The monoisotopic (exact) mass is 406 g/mol. The molecule has 18 heavy (non-hydrogen) atoms. The Morgan fingerprint density at radius 1 is 1.00 bits per heavy atom. The van der Waals surface area contributed by atoms with Gasteiger partial charge in [0, 0.05) is 19.3 Å². The van der Waals surface area contributed by atoms with E-state index in [1.54, 1.807) is 6.07 Å². The molecule has 0 heterocycles. The summed E-state index contributed by atoms with van der Waals surface area (Å²) in [6.45, 7) is 0. The summed E-state index contributed by atoms with van der Waals surface area (Å²) in [7, 11) is 0. The highest BCUT2D eigenvalue weighted by Gasteiger charge is 2.12. The minimum Gasteiger partial charge on any atom is -0.0843 e. The maximum atomic E-state index is 6.19. The molecular weight excluding hydrogens is 399 g/mol. The highest BCUT2D eigenvalue weighted by molar-refractivity contribution is 9.10. The number of halogens is 4. The summed E-state index contributed by atoms with van der Waals surface area (Å²) in [6, 6.07) is 13.9. The van der Waals surface area contributed by atoms with Crippen LogP contribution >= 0.6 is 55.1 Å². The van der Waals surface area contributed by atoms with Crippen molar-refractivity contribution in [1.29, 1.82) is 0 Å². The fraction of sp³-hybridized carbons (Fsp3) is 0.143. The van der Waals surface area contributed by atoms with Crippen LogP contribution < -0.4 is 0 Å². The first-order chi connectivity index (χ1) is 8.56.